The third-order valence-electron chi connectivity index (χ3n) is 5.53. The lowest BCUT2D eigenvalue weighted by Crippen LogP contribution is -2.45. The first-order valence-electron chi connectivity index (χ1n) is 11.6. The molecule has 1 saturated heterocycles. The van der Waals surface area contributed by atoms with Crippen LogP contribution >= 0.6 is 0 Å². The molecule has 1 atom stereocenters. The summed E-state index contributed by atoms with van der Waals surface area (Å²) >= 11 is 0. The summed E-state index contributed by atoms with van der Waals surface area (Å²) in [5.74, 6) is -0.185. The van der Waals surface area contributed by atoms with Crippen LogP contribution in [-0.2, 0) is 19.1 Å². The van der Waals surface area contributed by atoms with Gasteiger partial charge in [-0.05, 0) is 42.8 Å². The fraction of sp³-hybridized carbons (Fsp3) is 0.375. The smallest absolute Gasteiger partial charge is 0.280 e. The molecule has 0 spiro atoms. The van der Waals surface area contributed by atoms with Crippen LogP contribution in [0.3, 0.4) is 0 Å². The highest BCUT2D eigenvalue weighted by Gasteiger charge is 2.30. The van der Waals surface area contributed by atoms with Gasteiger partial charge in [0.2, 0.25) is 5.91 Å². The van der Waals surface area contributed by atoms with Crippen molar-refractivity contribution in [2.45, 2.75) is 18.9 Å². The normalized spacial score (nSPS) is 15.6. The number of piperidine rings is 1. The summed E-state index contributed by atoms with van der Waals surface area (Å²) in [5.41, 5.74) is 6.84. The molecule has 1 aliphatic heterocycles. The van der Waals surface area contributed by atoms with Gasteiger partial charge in [0.15, 0.2) is 0 Å². The quantitative estimate of drug-likeness (QED) is 0.187. The van der Waals surface area contributed by atoms with Crippen molar-refractivity contribution in [2.24, 2.45) is 0 Å². The molecule has 0 bridgehead atoms. The number of nitrogen functional groups attached to an aromatic ring is 1. The zero-order chi connectivity index (χ0) is 25.3. The Labute approximate surface area is 206 Å². The number of hydrogen-bond donors (Lipinski definition) is 3. The van der Waals surface area contributed by atoms with Crippen molar-refractivity contribution in [1.29, 1.82) is 0 Å². The first-order valence-corrected chi connectivity index (χ1v) is 11.6. The summed E-state index contributed by atoms with van der Waals surface area (Å²) in [6, 6.07) is 11.5. The summed E-state index contributed by atoms with van der Waals surface area (Å²) in [5, 5.41) is 13.8. The summed E-state index contributed by atoms with van der Waals surface area (Å²) < 4.78 is 17.7. The van der Waals surface area contributed by atoms with E-state index in [2.05, 4.69) is 20.9 Å². The topological polar surface area (TPSA) is 160 Å². The number of rotatable bonds is 12. The second-order valence-corrected chi connectivity index (χ2v) is 8.07. The molecule has 3 aromatic rings. The fourth-order valence-electron chi connectivity index (χ4n) is 3.73. The number of amides is 2. The second kappa shape index (κ2) is 12.1. The number of carbonyl (C=O) groups is 2. The maximum Gasteiger partial charge on any atom is 0.280 e. The van der Waals surface area contributed by atoms with E-state index >= 15 is 0 Å². The number of hydrogen-bond acceptors (Lipinski definition) is 10. The molecule has 4 rings (SSSR count). The lowest BCUT2D eigenvalue weighted by molar-refractivity contribution is -0.136. The second-order valence-electron chi connectivity index (χ2n) is 8.07. The summed E-state index contributed by atoms with van der Waals surface area (Å²) in [6.45, 7) is 2.52. The summed E-state index contributed by atoms with van der Waals surface area (Å²) in [4.78, 5) is 36.8. The number of imide groups is 1. The number of benzene rings is 2. The Balaban J connectivity index is 1.21. The first-order chi connectivity index (χ1) is 17.5. The van der Waals surface area contributed by atoms with Gasteiger partial charge in [0, 0.05) is 24.3 Å². The number of anilines is 2. The molecule has 2 aromatic carbocycles. The van der Waals surface area contributed by atoms with Crippen LogP contribution in [0.4, 0.5) is 11.4 Å². The minimum absolute atomic E-state index is 0.138. The molecule has 0 saturated carbocycles. The standard InChI is InChI=1S/C24H28N6O6/c25-16-4-6-17(7-5-16)36-15-14-35-13-12-34-11-10-26-18-2-1-3-19-22(18)24(33)30(29-28-19)20-8-9-21(31)27-23(20)32/h1-7,20,26H,8-15,25H2,(H,27,31,32). The number of nitrogens with two attached hydrogens (primary N) is 1. The highest BCUT2D eigenvalue weighted by molar-refractivity contribution is 5.99. The van der Waals surface area contributed by atoms with Gasteiger partial charge in [0.1, 0.15) is 23.9 Å². The van der Waals surface area contributed by atoms with E-state index in [-0.39, 0.29) is 18.7 Å². The van der Waals surface area contributed by atoms with Gasteiger partial charge in [-0.3, -0.25) is 19.7 Å². The van der Waals surface area contributed by atoms with Crippen molar-refractivity contribution in [3.05, 3.63) is 52.8 Å². The third-order valence-corrected chi connectivity index (χ3v) is 5.53. The zero-order valence-electron chi connectivity index (χ0n) is 19.6. The van der Waals surface area contributed by atoms with Gasteiger partial charge in [-0.2, -0.15) is 4.68 Å². The molecular formula is C24H28N6O6. The molecule has 12 heteroatoms. The highest BCUT2D eigenvalue weighted by atomic mass is 16.5. The minimum atomic E-state index is -0.875. The van der Waals surface area contributed by atoms with Crippen molar-refractivity contribution in [1.82, 2.24) is 20.3 Å². The molecule has 190 valence electrons. The average molecular weight is 497 g/mol. The van der Waals surface area contributed by atoms with Crippen molar-refractivity contribution < 1.29 is 23.8 Å². The maximum atomic E-state index is 13.1. The van der Waals surface area contributed by atoms with Gasteiger partial charge < -0.3 is 25.3 Å². The molecule has 1 unspecified atom stereocenters. The number of fused-ring (bicyclic) bond motifs is 1. The van der Waals surface area contributed by atoms with Crippen LogP contribution < -0.4 is 26.7 Å². The van der Waals surface area contributed by atoms with Gasteiger partial charge in [-0.15, -0.1) is 5.10 Å². The first kappa shape index (κ1) is 25.1. The molecule has 0 aliphatic carbocycles. The van der Waals surface area contributed by atoms with Gasteiger partial charge in [-0.1, -0.05) is 11.3 Å². The van der Waals surface area contributed by atoms with E-state index in [0.29, 0.717) is 61.9 Å². The maximum absolute atomic E-state index is 13.1. The van der Waals surface area contributed by atoms with Crippen LogP contribution in [0.5, 0.6) is 5.75 Å². The van der Waals surface area contributed by atoms with Crippen molar-refractivity contribution >= 4 is 34.1 Å². The number of ether oxygens (including phenoxy) is 3. The average Bonchev–Trinajstić information content (AvgIpc) is 2.87. The fourth-order valence-corrected chi connectivity index (χ4v) is 3.73. The number of nitrogens with zero attached hydrogens (tertiary/aromatic N) is 3. The van der Waals surface area contributed by atoms with Crippen LogP contribution in [0, 0.1) is 0 Å². The van der Waals surface area contributed by atoms with Gasteiger partial charge >= 0.3 is 0 Å². The molecule has 12 nitrogen and oxygen atoms in total. The minimum Gasteiger partial charge on any atom is -0.491 e. The highest BCUT2D eigenvalue weighted by Crippen LogP contribution is 2.20. The van der Waals surface area contributed by atoms with Crippen LogP contribution in [-0.4, -0.2) is 66.4 Å². The molecule has 4 N–H and O–H groups in total. The lowest BCUT2D eigenvalue weighted by atomic mass is 10.1. The molecule has 1 fully saturated rings. The molecule has 1 aromatic heterocycles. The summed E-state index contributed by atoms with van der Waals surface area (Å²) in [7, 11) is 0. The van der Waals surface area contributed by atoms with E-state index in [1.165, 1.54) is 0 Å². The molecular weight excluding hydrogens is 468 g/mol. The number of aromatic nitrogens is 3. The van der Waals surface area contributed by atoms with E-state index in [9.17, 15) is 14.4 Å². The SMILES string of the molecule is Nc1ccc(OCCOCCOCCNc2cccc3nnn(C4CCC(=O)NC4=O)c(=O)c23)cc1. The van der Waals surface area contributed by atoms with Crippen LogP contribution in [0.1, 0.15) is 18.9 Å². The van der Waals surface area contributed by atoms with Gasteiger partial charge in [0.05, 0.1) is 31.8 Å². The number of carbonyl (C=O) groups excluding carboxylic acids is 2. The van der Waals surface area contributed by atoms with Crippen LogP contribution in [0.2, 0.25) is 0 Å². The van der Waals surface area contributed by atoms with E-state index < -0.39 is 17.5 Å². The van der Waals surface area contributed by atoms with Gasteiger partial charge in [0.25, 0.3) is 11.5 Å². The molecule has 0 radical (unpaired) electrons. The Morgan fingerprint density at radius 2 is 1.75 bits per heavy atom. The molecule has 2 heterocycles. The van der Waals surface area contributed by atoms with E-state index in [4.69, 9.17) is 19.9 Å². The Kier molecular flexibility index (Phi) is 8.42. The number of nitrogens with one attached hydrogen (secondary N) is 2. The van der Waals surface area contributed by atoms with Crippen molar-refractivity contribution in [3.8, 4) is 5.75 Å². The van der Waals surface area contributed by atoms with E-state index in [1.807, 2.05) is 0 Å². The summed E-state index contributed by atoms with van der Waals surface area (Å²) in [6.07, 6.45) is 0.336. The molecule has 36 heavy (non-hydrogen) atoms. The predicted molar refractivity (Wildman–Crippen MR) is 132 cm³/mol. The van der Waals surface area contributed by atoms with E-state index in [1.54, 1.807) is 42.5 Å². The van der Waals surface area contributed by atoms with Crippen LogP contribution in [0.15, 0.2) is 47.3 Å². The van der Waals surface area contributed by atoms with Gasteiger partial charge in [-0.25, -0.2) is 0 Å². The Morgan fingerprint density at radius 3 is 2.53 bits per heavy atom. The third kappa shape index (κ3) is 6.34. The Morgan fingerprint density at radius 1 is 1.00 bits per heavy atom. The van der Waals surface area contributed by atoms with Crippen LogP contribution in [0.25, 0.3) is 10.9 Å². The zero-order valence-corrected chi connectivity index (χ0v) is 19.6. The lowest BCUT2D eigenvalue weighted by Gasteiger charge is -2.21. The molecule has 2 amide bonds. The predicted octanol–water partition coefficient (Wildman–Crippen LogP) is 0.876. The Hall–Kier alpha value is -4.03. The Bertz CT molecular complexity index is 1260. The monoisotopic (exact) mass is 496 g/mol. The van der Waals surface area contributed by atoms with Crippen molar-refractivity contribution in [3.63, 3.8) is 0 Å². The largest absolute Gasteiger partial charge is 0.491 e. The van der Waals surface area contributed by atoms with E-state index in [0.717, 1.165) is 10.4 Å². The molecule has 1 aliphatic rings. The van der Waals surface area contributed by atoms with Crippen molar-refractivity contribution in [2.75, 3.05) is 50.6 Å².